The number of fused-ring (bicyclic) bond motifs is 1. The SMILES string of the molecule is Cc1cc(C(=O)NCc2ccc(S(N)(=O)=O)cc2)cc(-c2nc(C(C)Nc3ncnc(N)c3C#N)nn3ccc(C)c23)c1. The van der Waals surface area contributed by atoms with Crippen molar-refractivity contribution in [2.45, 2.75) is 38.3 Å². The number of nitrogens with two attached hydrogens (primary N) is 2. The van der Waals surface area contributed by atoms with E-state index >= 15 is 0 Å². The number of hydrogen-bond acceptors (Lipinski definition) is 10. The molecule has 43 heavy (non-hydrogen) atoms. The van der Waals surface area contributed by atoms with E-state index in [0.717, 1.165) is 16.6 Å². The summed E-state index contributed by atoms with van der Waals surface area (Å²) < 4.78 is 24.8. The molecule has 3 heterocycles. The first-order chi connectivity index (χ1) is 20.4. The maximum absolute atomic E-state index is 13.2. The molecule has 0 aliphatic heterocycles. The smallest absolute Gasteiger partial charge is 0.251 e. The van der Waals surface area contributed by atoms with Crippen LogP contribution in [0.15, 0.2) is 66.0 Å². The van der Waals surface area contributed by atoms with Crippen LogP contribution in [-0.4, -0.2) is 38.9 Å². The molecular formula is C29H28N10O3S. The van der Waals surface area contributed by atoms with Gasteiger partial charge in [0, 0.05) is 23.9 Å². The molecule has 13 nitrogen and oxygen atoms in total. The van der Waals surface area contributed by atoms with Crippen LogP contribution in [0.4, 0.5) is 11.6 Å². The maximum Gasteiger partial charge on any atom is 0.251 e. The van der Waals surface area contributed by atoms with E-state index in [0.29, 0.717) is 28.2 Å². The molecular weight excluding hydrogens is 568 g/mol. The number of primary sulfonamides is 1. The second kappa shape index (κ2) is 11.5. The third kappa shape index (κ3) is 6.13. The molecule has 0 radical (unpaired) electrons. The summed E-state index contributed by atoms with van der Waals surface area (Å²) in [7, 11) is -3.80. The average molecular weight is 597 g/mol. The molecule has 0 aliphatic carbocycles. The molecule has 218 valence electrons. The van der Waals surface area contributed by atoms with Crippen molar-refractivity contribution < 1.29 is 13.2 Å². The third-order valence-corrected chi connectivity index (χ3v) is 7.71. The summed E-state index contributed by atoms with van der Waals surface area (Å²) in [5.74, 6) is 0.453. The van der Waals surface area contributed by atoms with Gasteiger partial charge >= 0.3 is 0 Å². The van der Waals surface area contributed by atoms with Crippen LogP contribution in [0, 0.1) is 25.2 Å². The Morgan fingerprint density at radius 3 is 2.56 bits per heavy atom. The molecule has 14 heteroatoms. The second-order valence-electron chi connectivity index (χ2n) is 10.0. The molecule has 5 aromatic rings. The fourth-order valence-corrected chi connectivity index (χ4v) is 5.12. The Bertz CT molecular complexity index is 2020. The van der Waals surface area contributed by atoms with E-state index in [4.69, 9.17) is 15.9 Å². The lowest BCUT2D eigenvalue weighted by atomic mass is 10.0. The summed E-state index contributed by atoms with van der Waals surface area (Å²) in [4.78, 5) is 26.1. The summed E-state index contributed by atoms with van der Waals surface area (Å²) in [5, 5.41) is 25.4. The number of benzene rings is 2. The van der Waals surface area contributed by atoms with E-state index in [1.807, 2.05) is 45.2 Å². The number of nitrogen functional groups attached to an aromatic ring is 1. The zero-order valence-electron chi connectivity index (χ0n) is 23.5. The molecule has 0 aliphatic rings. The maximum atomic E-state index is 13.2. The summed E-state index contributed by atoms with van der Waals surface area (Å²) in [6, 6.07) is 15.0. The Morgan fingerprint density at radius 1 is 1.12 bits per heavy atom. The van der Waals surface area contributed by atoms with Crippen LogP contribution < -0.4 is 21.5 Å². The minimum absolute atomic E-state index is 0.00157. The number of carbonyl (C=O) groups is 1. The molecule has 2 aromatic carbocycles. The van der Waals surface area contributed by atoms with Gasteiger partial charge in [0.2, 0.25) is 10.0 Å². The summed E-state index contributed by atoms with van der Waals surface area (Å²) in [6.45, 7) is 5.88. The van der Waals surface area contributed by atoms with Gasteiger partial charge in [-0.25, -0.2) is 33.0 Å². The normalized spacial score (nSPS) is 12.1. The molecule has 0 saturated heterocycles. The quantitative estimate of drug-likeness (QED) is 0.206. The first-order valence-corrected chi connectivity index (χ1v) is 14.6. The number of aromatic nitrogens is 5. The number of aryl methyl sites for hydroxylation is 2. The van der Waals surface area contributed by atoms with Crippen molar-refractivity contribution in [3.05, 3.63) is 94.7 Å². The van der Waals surface area contributed by atoms with Crippen molar-refractivity contribution in [3.8, 4) is 17.3 Å². The van der Waals surface area contributed by atoms with Gasteiger partial charge in [0.05, 0.1) is 22.1 Å². The second-order valence-corrected chi connectivity index (χ2v) is 11.6. The summed E-state index contributed by atoms with van der Waals surface area (Å²) in [5.41, 5.74) is 11.0. The molecule has 0 saturated carbocycles. The molecule has 0 fully saturated rings. The fourth-order valence-electron chi connectivity index (χ4n) is 4.60. The van der Waals surface area contributed by atoms with Crippen molar-refractivity contribution in [2.24, 2.45) is 5.14 Å². The zero-order chi connectivity index (χ0) is 30.9. The molecule has 5 rings (SSSR count). The van der Waals surface area contributed by atoms with Gasteiger partial charge in [0.25, 0.3) is 5.91 Å². The summed E-state index contributed by atoms with van der Waals surface area (Å²) in [6.07, 6.45) is 3.11. The van der Waals surface area contributed by atoms with Gasteiger partial charge in [-0.3, -0.25) is 4.79 Å². The van der Waals surface area contributed by atoms with Crippen LogP contribution in [0.25, 0.3) is 16.8 Å². The van der Waals surface area contributed by atoms with Gasteiger partial charge in [-0.1, -0.05) is 12.1 Å². The van der Waals surface area contributed by atoms with E-state index in [9.17, 15) is 18.5 Å². The number of nitrogens with one attached hydrogen (secondary N) is 2. The molecule has 0 bridgehead atoms. The first kappa shape index (κ1) is 29.1. The Kier molecular flexibility index (Phi) is 7.77. The lowest BCUT2D eigenvalue weighted by molar-refractivity contribution is 0.0951. The number of nitriles is 1. The predicted octanol–water partition coefficient (Wildman–Crippen LogP) is 3.01. The number of nitrogens with zero attached hydrogens (tertiary/aromatic N) is 6. The third-order valence-electron chi connectivity index (χ3n) is 6.78. The van der Waals surface area contributed by atoms with Crippen LogP contribution >= 0.6 is 0 Å². The monoisotopic (exact) mass is 596 g/mol. The van der Waals surface area contributed by atoms with Gasteiger partial charge in [0.1, 0.15) is 29.6 Å². The molecule has 1 unspecified atom stereocenters. The number of hydrogen-bond donors (Lipinski definition) is 4. The lowest BCUT2D eigenvalue weighted by Crippen LogP contribution is -2.23. The highest BCUT2D eigenvalue weighted by molar-refractivity contribution is 7.89. The minimum Gasteiger partial charge on any atom is -0.382 e. The molecule has 1 amide bonds. The van der Waals surface area contributed by atoms with E-state index in [1.165, 1.54) is 18.5 Å². The van der Waals surface area contributed by atoms with Crippen LogP contribution in [0.5, 0.6) is 0 Å². The van der Waals surface area contributed by atoms with Crippen molar-refractivity contribution >= 4 is 33.1 Å². The Labute approximate surface area is 247 Å². The van der Waals surface area contributed by atoms with Gasteiger partial charge in [0.15, 0.2) is 5.82 Å². The largest absolute Gasteiger partial charge is 0.382 e. The van der Waals surface area contributed by atoms with Crippen molar-refractivity contribution in [2.75, 3.05) is 11.1 Å². The Morgan fingerprint density at radius 2 is 1.86 bits per heavy atom. The van der Waals surface area contributed by atoms with Gasteiger partial charge in [-0.05, 0) is 73.9 Å². The van der Waals surface area contributed by atoms with Gasteiger partial charge < -0.3 is 16.4 Å². The van der Waals surface area contributed by atoms with Crippen molar-refractivity contribution in [3.63, 3.8) is 0 Å². The number of sulfonamides is 1. The minimum atomic E-state index is -3.80. The zero-order valence-corrected chi connectivity index (χ0v) is 24.3. The predicted molar refractivity (Wildman–Crippen MR) is 160 cm³/mol. The van der Waals surface area contributed by atoms with Crippen LogP contribution in [0.3, 0.4) is 0 Å². The molecule has 6 N–H and O–H groups in total. The van der Waals surface area contributed by atoms with Crippen LogP contribution in [0.1, 0.15) is 51.4 Å². The van der Waals surface area contributed by atoms with Gasteiger partial charge in [-0.2, -0.15) is 10.4 Å². The topological polar surface area (TPSA) is 207 Å². The average Bonchev–Trinajstić information content (AvgIpc) is 3.35. The Balaban J connectivity index is 1.46. The molecule has 1 atom stereocenters. The number of anilines is 2. The highest BCUT2D eigenvalue weighted by Gasteiger charge is 2.20. The summed E-state index contributed by atoms with van der Waals surface area (Å²) >= 11 is 0. The van der Waals surface area contributed by atoms with E-state index in [-0.39, 0.29) is 34.5 Å². The molecule has 0 spiro atoms. The number of carbonyl (C=O) groups excluding carboxylic acids is 1. The van der Waals surface area contributed by atoms with Crippen LogP contribution in [-0.2, 0) is 16.6 Å². The number of amides is 1. The van der Waals surface area contributed by atoms with E-state index < -0.39 is 16.1 Å². The highest BCUT2D eigenvalue weighted by Crippen LogP contribution is 2.29. The molecule has 3 aromatic heterocycles. The van der Waals surface area contributed by atoms with Gasteiger partial charge in [-0.15, -0.1) is 0 Å². The standard InChI is InChI=1S/C29H28N10O3S/c1-16-10-20(12-21(11-16)29(40)33-14-19-4-6-22(7-5-19)43(32,41)42)24-25-17(2)8-9-39(25)38-27(37-24)18(3)36-28-23(13-30)26(31)34-15-35-28/h4-12,15,18H,14H2,1-3H3,(H,33,40)(H2,32,41,42)(H3,31,34,35,36). The Hall–Kier alpha value is -5.39. The van der Waals surface area contributed by atoms with E-state index in [1.54, 1.807) is 28.8 Å². The van der Waals surface area contributed by atoms with Crippen molar-refractivity contribution in [1.82, 2.24) is 29.9 Å². The van der Waals surface area contributed by atoms with Crippen molar-refractivity contribution in [1.29, 1.82) is 5.26 Å². The first-order valence-electron chi connectivity index (χ1n) is 13.1. The van der Waals surface area contributed by atoms with Crippen LogP contribution in [0.2, 0.25) is 0 Å². The fraction of sp³-hybridized carbons (Fsp3) is 0.172. The van der Waals surface area contributed by atoms with E-state index in [2.05, 4.69) is 25.7 Å². The number of rotatable bonds is 8. The highest BCUT2D eigenvalue weighted by atomic mass is 32.2. The lowest BCUT2D eigenvalue weighted by Gasteiger charge is -2.17.